The van der Waals surface area contributed by atoms with Crippen molar-refractivity contribution in [2.24, 2.45) is 5.92 Å². The topological polar surface area (TPSA) is 45.7 Å². The molecule has 0 spiro atoms. The van der Waals surface area contributed by atoms with Gasteiger partial charge in [-0.25, -0.2) is 4.98 Å². The molecule has 1 aromatic rings. The summed E-state index contributed by atoms with van der Waals surface area (Å²) < 4.78 is 5.13. The highest BCUT2D eigenvalue weighted by atomic mass is 16.5. The van der Waals surface area contributed by atoms with Crippen LogP contribution in [-0.4, -0.2) is 62.6 Å². The van der Waals surface area contributed by atoms with Crippen molar-refractivity contribution in [1.29, 1.82) is 0 Å². The van der Waals surface area contributed by atoms with E-state index < -0.39 is 0 Å². The van der Waals surface area contributed by atoms with Gasteiger partial charge in [-0.2, -0.15) is 0 Å². The molecule has 0 aromatic carbocycles. The number of likely N-dealkylation sites (tertiary alicyclic amines) is 1. The number of nitrogens with zero attached hydrogens (tertiary/aromatic N) is 3. The summed E-state index contributed by atoms with van der Waals surface area (Å²) in [6, 6.07) is 3.77. The Hall–Kier alpha value is -1.46. The second-order valence-electron chi connectivity index (χ2n) is 5.79. The SMILES string of the molecule is COCCN1CCC(CN(C)c2ccc(C(C)=O)cn2)C1. The van der Waals surface area contributed by atoms with Crippen LogP contribution in [0.3, 0.4) is 0 Å². The van der Waals surface area contributed by atoms with Crippen LogP contribution in [0.2, 0.25) is 0 Å². The second kappa shape index (κ2) is 7.52. The number of aromatic nitrogens is 1. The Morgan fingerprint density at radius 2 is 2.33 bits per heavy atom. The fourth-order valence-electron chi connectivity index (χ4n) is 2.79. The van der Waals surface area contributed by atoms with Crippen molar-refractivity contribution >= 4 is 11.6 Å². The Morgan fingerprint density at radius 3 is 2.95 bits per heavy atom. The van der Waals surface area contributed by atoms with Crippen LogP contribution in [0.15, 0.2) is 18.3 Å². The third-order valence-electron chi connectivity index (χ3n) is 4.06. The van der Waals surface area contributed by atoms with Gasteiger partial charge in [-0.1, -0.05) is 0 Å². The number of ether oxygens (including phenoxy) is 1. The smallest absolute Gasteiger partial charge is 0.161 e. The van der Waals surface area contributed by atoms with Crippen molar-refractivity contribution in [2.45, 2.75) is 13.3 Å². The molecule has 21 heavy (non-hydrogen) atoms. The monoisotopic (exact) mass is 291 g/mol. The number of carbonyl (C=O) groups is 1. The molecule has 0 bridgehead atoms. The molecule has 1 aromatic heterocycles. The number of hydrogen-bond donors (Lipinski definition) is 0. The van der Waals surface area contributed by atoms with Crippen LogP contribution < -0.4 is 4.90 Å². The summed E-state index contributed by atoms with van der Waals surface area (Å²) in [5.74, 6) is 1.65. The van der Waals surface area contributed by atoms with E-state index in [0.29, 0.717) is 11.5 Å². The van der Waals surface area contributed by atoms with Gasteiger partial charge in [-0.15, -0.1) is 0 Å². The summed E-state index contributed by atoms with van der Waals surface area (Å²) in [7, 11) is 3.81. The van der Waals surface area contributed by atoms with Crippen LogP contribution in [-0.2, 0) is 4.74 Å². The highest BCUT2D eigenvalue weighted by Gasteiger charge is 2.23. The summed E-state index contributed by atoms with van der Waals surface area (Å²) in [5.41, 5.74) is 0.666. The summed E-state index contributed by atoms with van der Waals surface area (Å²) >= 11 is 0. The molecule has 0 aliphatic carbocycles. The Morgan fingerprint density at radius 1 is 1.52 bits per heavy atom. The van der Waals surface area contributed by atoms with Gasteiger partial charge in [-0.05, 0) is 37.9 Å². The number of anilines is 1. The molecule has 0 radical (unpaired) electrons. The minimum atomic E-state index is 0.0567. The van der Waals surface area contributed by atoms with Crippen molar-refractivity contribution in [1.82, 2.24) is 9.88 Å². The quantitative estimate of drug-likeness (QED) is 0.715. The van der Waals surface area contributed by atoms with Crippen molar-refractivity contribution in [3.63, 3.8) is 0 Å². The van der Waals surface area contributed by atoms with Crippen LogP contribution in [0, 0.1) is 5.92 Å². The Kier molecular flexibility index (Phi) is 5.70. The van der Waals surface area contributed by atoms with Crippen LogP contribution in [0.1, 0.15) is 23.7 Å². The average molecular weight is 291 g/mol. The third-order valence-corrected chi connectivity index (χ3v) is 4.06. The zero-order valence-electron chi connectivity index (χ0n) is 13.2. The summed E-state index contributed by atoms with van der Waals surface area (Å²) in [5, 5.41) is 0. The third kappa shape index (κ3) is 4.51. The van der Waals surface area contributed by atoms with Crippen molar-refractivity contribution in [2.75, 3.05) is 51.8 Å². The van der Waals surface area contributed by atoms with Crippen molar-refractivity contribution in [3.8, 4) is 0 Å². The number of methoxy groups -OCH3 is 1. The van der Waals surface area contributed by atoms with Crippen molar-refractivity contribution < 1.29 is 9.53 Å². The van der Waals surface area contributed by atoms with Crippen LogP contribution in [0.25, 0.3) is 0 Å². The van der Waals surface area contributed by atoms with Crippen LogP contribution in [0.5, 0.6) is 0 Å². The lowest BCUT2D eigenvalue weighted by molar-refractivity contribution is 0.101. The zero-order chi connectivity index (χ0) is 15.2. The largest absolute Gasteiger partial charge is 0.383 e. The van der Waals surface area contributed by atoms with Gasteiger partial charge in [0, 0.05) is 45.6 Å². The van der Waals surface area contributed by atoms with Gasteiger partial charge >= 0.3 is 0 Å². The molecule has 5 nitrogen and oxygen atoms in total. The van der Waals surface area contributed by atoms with E-state index in [1.807, 2.05) is 12.1 Å². The first-order valence-corrected chi connectivity index (χ1v) is 7.49. The van der Waals surface area contributed by atoms with Gasteiger partial charge in [0.2, 0.25) is 0 Å². The Bertz CT molecular complexity index is 461. The molecular formula is C16H25N3O2. The first-order chi connectivity index (χ1) is 10.1. The van der Waals surface area contributed by atoms with E-state index in [1.165, 1.54) is 6.42 Å². The highest BCUT2D eigenvalue weighted by molar-refractivity contribution is 5.93. The highest BCUT2D eigenvalue weighted by Crippen LogP contribution is 2.19. The number of carbonyl (C=O) groups excluding carboxylic acids is 1. The van der Waals surface area contributed by atoms with E-state index in [0.717, 1.165) is 38.6 Å². The van der Waals surface area contributed by atoms with Gasteiger partial charge in [0.05, 0.1) is 6.61 Å². The Balaban J connectivity index is 1.84. The maximum atomic E-state index is 11.3. The fraction of sp³-hybridized carbons (Fsp3) is 0.625. The molecule has 1 fully saturated rings. The number of Topliss-reactive ketones (excluding diaryl/α,β-unsaturated/α-hetero) is 1. The van der Waals surface area contributed by atoms with Crippen LogP contribution in [0.4, 0.5) is 5.82 Å². The molecule has 2 rings (SSSR count). The van der Waals surface area contributed by atoms with E-state index in [1.54, 1.807) is 20.2 Å². The minimum Gasteiger partial charge on any atom is -0.383 e. The zero-order valence-corrected chi connectivity index (χ0v) is 13.2. The molecule has 2 heterocycles. The summed E-state index contributed by atoms with van der Waals surface area (Å²) in [6.07, 6.45) is 2.88. The maximum absolute atomic E-state index is 11.3. The first-order valence-electron chi connectivity index (χ1n) is 7.49. The molecule has 1 aliphatic heterocycles. The minimum absolute atomic E-state index is 0.0567. The lowest BCUT2D eigenvalue weighted by Gasteiger charge is -2.22. The molecule has 1 saturated heterocycles. The normalized spacial score (nSPS) is 18.9. The average Bonchev–Trinajstić information content (AvgIpc) is 2.92. The standard InChI is InChI=1S/C16H25N3O2/c1-13(20)15-4-5-16(17-10-15)18(2)11-14-6-7-19(12-14)8-9-21-3/h4-5,10,14H,6-9,11-12H2,1-3H3. The van der Waals surface area contributed by atoms with Gasteiger partial charge in [0.25, 0.3) is 0 Å². The molecule has 0 N–H and O–H groups in total. The van der Waals surface area contributed by atoms with E-state index in [4.69, 9.17) is 4.74 Å². The molecule has 116 valence electrons. The molecule has 1 aliphatic rings. The number of hydrogen-bond acceptors (Lipinski definition) is 5. The van der Waals surface area contributed by atoms with E-state index >= 15 is 0 Å². The van der Waals surface area contributed by atoms with E-state index in [2.05, 4.69) is 21.8 Å². The fourth-order valence-corrected chi connectivity index (χ4v) is 2.79. The number of rotatable bonds is 7. The molecular weight excluding hydrogens is 266 g/mol. The Labute approximate surface area is 126 Å². The molecule has 1 atom stereocenters. The van der Waals surface area contributed by atoms with E-state index in [-0.39, 0.29) is 5.78 Å². The predicted molar refractivity (Wildman–Crippen MR) is 83.9 cm³/mol. The molecule has 0 amide bonds. The second-order valence-corrected chi connectivity index (χ2v) is 5.79. The van der Waals surface area contributed by atoms with E-state index in [9.17, 15) is 4.79 Å². The molecule has 0 saturated carbocycles. The van der Waals surface area contributed by atoms with Gasteiger partial charge in [-0.3, -0.25) is 4.79 Å². The lowest BCUT2D eigenvalue weighted by Crippen LogP contribution is -2.30. The number of pyridine rings is 1. The first kappa shape index (κ1) is 15.9. The van der Waals surface area contributed by atoms with Gasteiger partial charge in [0.15, 0.2) is 5.78 Å². The number of ketones is 1. The summed E-state index contributed by atoms with van der Waals surface area (Å²) in [6.45, 7) is 6.65. The van der Waals surface area contributed by atoms with Gasteiger partial charge in [0.1, 0.15) is 5.82 Å². The van der Waals surface area contributed by atoms with Crippen LogP contribution >= 0.6 is 0 Å². The molecule has 5 heteroatoms. The molecule has 1 unspecified atom stereocenters. The van der Waals surface area contributed by atoms with Crippen molar-refractivity contribution in [3.05, 3.63) is 23.9 Å². The predicted octanol–water partition coefficient (Wildman–Crippen LogP) is 1.69. The van der Waals surface area contributed by atoms with Gasteiger partial charge < -0.3 is 14.5 Å². The summed E-state index contributed by atoms with van der Waals surface area (Å²) in [4.78, 5) is 20.3. The maximum Gasteiger partial charge on any atom is 0.161 e. The lowest BCUT2D eigenvalue weighted by atomic mass is 10.1.